The van der Waals surface area contributed by atoms with Crippen LogP contribution in [0.2, 0.25) is 0 Å². The van der Waals surface area contributed by atoms with Gasteiger partial charge in [-0.3, -0.25) is 9.69 Å². The average molecular weight is 415 g/mol. The first-order valence-electron chi connectivity index (χ1n) is 10.6. The van der Waals surface area contributed by atoms with Crippen LogP contribution in [0.5, 0.6) is 5.75 Å². The minimum atomic E-state index is -0.673. The molecule has 1 aromatic rings. The van der Waals surface area contributed by atoms with Gasteiger partial charge in [0.05, 0.1) is 38.6 Å². The third kappa shape index (κ3) is 2.90. The lowest BCUT2D eigenvalue weighted by atomic mass is 9.67. The topological polar surface area (TPSA) is 77.1 Å². The van der Waals surface area contributed by atoms with Gasteiger partial charge in [0, 0.05) is 23.8 Å². The Kier molecular flexibility index (Phi) is 5.49. The van der Waals surface area contributed by atoms with Gasteiger partial charge in [0.2, 0.25) is 5.91 Å². The Hall–Kier alpha value is -2.54. The number of hydrogen-bond donors (Lipinski definition) is 1. The highest BCUT2D eigenvalue weighted by molar-refractivity contribution is 6.08. The molecule has 30 heavy (non-hydrogen) atoms. The number of methoxy groups -OCH3 is 3. The van der Waals surface area contributed by atoms with Crippen molar-refractivity contribution in [2.75, 3.05) is 39.7 Å². The molecule has 4 rings (SSSR count). The molecule has 0 radical (unpaired) electrons. The summed E-state index contributed by atoms with van der Waals surface area (Å²) in [6.45, 7) is 3.83. The largest absolute Gasteiger partial charge is 0.504 e. The molecule has 2 fully saturated rings. The number of carbonyl (C=O) groups excluding carboxylic acids is 2. The summed E-state index contributed by atoms with van der Waals surface area (Å²) in [6.07, 6.45) is 3.88. The summed E-state index contributed by atoms with van der Waals surface area (Å²) in [7, 11) is 4.58. The van der Waals surface area contributed by atoms with Gasteiger partial charge in [0.1, 0.15) is 5.75 Å². The van der Waals surface area contributed by atoms with E-state index in [4.69, 9.17) is 14.2 Å². The zero-order valence-corrected chi connectivity index (χ0v) is 18.1. The quantitative estimate of drug-likeness (QED) is 0.454. The van der Waals surface area contributed by atoms with Gasteiger partial charge < -0.3 is 19.5 Å². The third-order valence-electron chi connectivity index (χ3n) is 7.25. The molecule has 162 valence electrons. The van der Waals surface area contributed by atoms with E-state index in [-0.39, 0.29) is 23.8 Å². The second-order valence-electron chi connectivity index (χ2n) is 8.38. The predicted octanol–water partition coefficient (Wildman–Crippen LogP) is 2.71. The number of piperidine rings is 1. The maximum absolute atomic E-state index is 13.4. The first-order chi connectivity index (χ1) is 14.5. The molecular formula is C23H30N2O5. The van der Waals surface area contributed by atoms with Crippen molar-refractivity contribution in [3.05, 3.63) is 35.6 Å². The fourth-order valence-corrected chi connectivity index (χ4v) is 5.88. The van der Waals surface area contributed by atoms with E-state index in [2.05, 4.69) is 17.1 Å². The van der Waals surface area contributed by atoms with E-state index in [1.807, 2.05) is 18.2 Å². The van der Waals surface area contributed by atoms with Crippen molar-refractivity contribution in [2.24, 2.45) is 11.8 Å². The molecule has 1 N–H and O–H groups in total. The highest BCUT2D eigenvalue weighted by atomic mass is 16.5. The molecule has 1 amide bonds. The van der Waals surface area contributed by atoms with Gasteiger partial charge in [-0.05, 0) is 43.4 Å². The van der Waals surface area contributed by atoms with Crippen LogP contribution < -0.4 is 10.1 Å². The number of nitrogens with one attached hydrogen (secondary N) is 1. The van der Waals surface area contributed by atoms with Crippen LogP contribution in [0.25, 0.3) is 0 Å². The van der Waals surface area contributed by atoms with Crippen LogP contribution in [0.1, 0.15) is 31.7 Å². The van der Waals surface area contributed by atoms with Crippen LogP contribution in [0.15, 0.2) is 30.0 Å². The summed E-state index contributed by atoms with van der Waals surface area (Å²) < 4.78 is 16.0. The molecule has 0 saturated carbocycles. The summed E-state index contributed by atoms with van der Waals surface area (Å²) in [4.78, 5) is 28.4. The molecule has 7 heteroatoms. The van der Waals surface area contributed by atoms with Gasteiger partial charge in [-0.2, -0.15) is 0 Å². The van der Waals surface area contributed by atoms with Crippen molar-refractivity contribution in [3.63, 3.8) is 0 Å². The van der Waals surface area contributed by atoms with Crippen molar-refractivity contribution in [2.45, 2.75) is 37.6 Å². The highest BCUT2D eigenvalue weighted by Crippen LogP contribution is 2.55. The van der Waals surface area contributed by atoms with Gasteiger partial charge >= 0.3 is 5.97 Å². The van der Waals surface area contributed by atoms with E-state index >= 15 is 0 Å². The molecule has 7 nitrogen and oxygen atoms in total. The molecule has 1 spiro atoms. The van der Waals surface area contributed by atoms with Crippen molar-refractivity contribution in [3.8, 4) is 5.75 Å². The molecule has 3 heterocycles. The van der Waals surface area contributed by atoms with Crippen LogP contribution >= 0.6 is 0 Å². The number of fused-ring (bicyclic) bond motifs is 4. The molecule has 0 aromatic heterocycles. The van der Waals surface area contributed by atoms with Crippen LogP contribution in [-0.4, -0.2) is 57.2 Å². The minimum absolute atomic E-state index is 0.0206. The van der Waals surface area contributed by atoms with Crippen LogP contribution in [-0.2, 0) is 24.5 Å². The Bertz CT molecular complexity index is 882. The highest BCUT2D eigenvalue weighted by Gasteiger charge is 2.61. The van der Waals surface area contributed by atoms with Gasteiger partial charge in [0.25, 0.3) is 0 Å². The second kappa shape index (κ2) is 7.95. The second-order valence-corrected chi connectivity index (χ2v) is 8.38. The predicted molar refractivity (Wildman–Crippen MR) is 112 cm³/mol. The lowest BCUT2D eigenvalue weighted by molar-refractivity contribution is -0.137. The van der Waals surface area contributed by atoms with Crippen LogP contribution in [0, 0.1) is 11.8 Å². The van der Waals surface area contributed by atoms with E-state index in [0.717, 1.165) is 42.9 Å². The normalized spacial score (nSPS) is 30.6. The van der Waals surface area contributed by atoms with E-state index < -0.39 is 5.41 Å². The van der Waals surface area contributed by atoms with Crippen molar-refractivity contribution in [1.82, 2.24) is 4.90 Å². The summed E-state index contributed by atoms with van der Waals surface area (Å²) in [6, 6.07) is 5.74. The lowest BCUT2D eigenvalue weighted by Crippen LogP contribution is -2.53. The molecule has 1 aromatic carbocycles. The Morgan fingerprint density at radius 2 is 2.13 bits per heavy atom. The first kappa shape index (κ1) is 20.7. The molecular weight excluding hydrogens is 384 g/mol. The molecule has 0 bridgehead atoms. The zero-order valence-electron chi connectivity index (χ0n) is 18.1. The summed E-state index contributed by atoms with van der Waals surface area (Å²) in [5.74, 6) is 0.652. The number of nitrogens with zero attached hydrogens (tertiary/aromatic N) is 1. The summed E-state index contributed by atoms with van der Waals surface area (Å²) >= 11 is 0. The van der Waals surface area contributed by atoms with Gasteiger partial charge in [-0.25, -0.2) is 4.79 Å². The Morgan fingerprint density at radius 1 is 1.33 bits per heavy atom. The number of esters is 1. The third-order valence-corrected chi connectivity index (χ3v) is 7.25. The number of benzene rings is 1. The number of carbonyl (C=O) groups is 2. The number of hydrogen-bond acceptors (Lipinski definition) is 6. The maximum atomic E-state index is 13.4. The van der Waals surface area contributed by atoms with E-state index in [9.17, 15) is 9.59 Å². The zero-order chi connectivity index (χ0) is 21.5. The fourth-order valence-electron chi connectivity index (χ4n) is 5.88. The summed E-state index contributed by atoms with van der Waals surface area (Å²) in [5.41, 5.74) is 1.66. The average Bonchev–Trinajstić information content (AvgIpc) is 3.28. The lowest BCUT2D eigenvalue weighted by Gasteiger charge is -2.45. The number of amides is 1. The minimum Gasteiger partial charge on any atom is -0.504 e. The smallest absolute Gasteiger partial charge is 0.337 e. The summed E-state index contributed by atoms with van der Waals surface area (Å²) in [5, 5.41) is 3.09. The van der Waals surface area contributed by atoms with Crippen molar-refractivity contribution >= 4 is 17.6 Å². The van der Waals surface area contributed by atoms with Crippen LogP contribution in [0.4, 0.5) is 5.69 Å². The standard InChI is InChI=1S/C23H30N2O5/c1-5-14-12-25-10-9-23(19(25)11-15(14)16(13-28-2)21(26)30-4)20-17(24-22(23)27)7-6-8-18(20)29-3/h6-8,13-15,19H,5,9-12H2,1-4H3,(H,24,27)/b16-13+/t14-,15+,19+,23-/m1/s1. The molecule has 0 unspecified atom stereocenters. The number of anilines is 1. The van der Waals surface area contributed by atoms with Gasteiger partial charge in [-0.1, -0.05) is 19.4 Å². The van der Waals surface area contributed by atoms with Gasteiger partial charge in [-0.15, -0.1) is 0 Å². The molecule has 3 aliphatic rings. The Balaban J connectivity index is 1.78. The van der Waals surface area contributed by atoms with Gasteiger partial charge in [0.15, 0.2) is 0 Å². The van der Waals surface area contributed by atoms with E-state index in [1.165, 1.54) is 13.4 Å². The Morgan fingerprint density at radius 3 is 2.80 bits per heavy atom. The number of rotatable bonds is 5. The first-order valence-corrected chi connectivity index (χ1v) is 10.6. The monoisotopic (exact) mass is 414 g/mol. The van der Waals surface area contributed by atoms with Crippen molar-refractivity contribution < 1.29 is 23.8 Å². The maximum Gasteiger partial charge on any atom is 0.337 e. The molecule has 3 aliphatic heterocycles. The van der Waals surface area contributed by atoms with E-state index in [0.29, 0.717) is 17.9 Å². The molecule has 4 atom stereocenters. The van der Waals surface area contributed by atoms with Crippen molar-refractivity contribution in [1.29, 1.82) is 0 Å². The SMILES string of the molecule is CC[C@@H]1CN2CC[C@@]3(C(=O)Nc4cccc(OC)c43)[C@@H]2C[C@@H]1/C(=C\OC)C(=O)OC. The molecule has 2 saturated heterocycles. The Labute approximate surface area is 177 Å². The van der Waals surface area contributed by atoms with E-state index in [1.54, 1.807) is 14.2 Å². The fraction of sp³-hybridized carbons (Fsp3) is 0.565. The number of ether oxygens (including phenoxy) is 3. The molecule has 0 aliphatic carbocycles. The van der Waals surface area contributed by atoms with Crippen LogP contribution in [0.3, 0.4) is 0 Å².